The maximum atomic E-state index is 13.2. The second-order valence-corrected chi connectivity index (χ2v) is 7.11. The molecule has 0 saturated heterocycles. The number of benzene rings is 1. The summed E-state index contributed by atoms with van der Waals surface area (Å²) in [4.78, 5) is 33.2. The van der Waals surface area contributed by atoms with Crippen molar-refractivity contribution in [2.45, 2.75) is 26.5 Å². The van der Waals surface area contributed by atoms with Crippen LogP contribution in [0, 0.1) is 0 Å². The Labute approximate surface area is 170 Å². The van der Waals surface area contributed by atoms with Gasteiger partial charge in [0.15, 0.2) is 0 Å². The van der Waals surface area contributed by atoms with Crippen molar-refractivity contribution >= 4 is 17.4 Å². The van der Waals surface area contributed by atoms with Gasteiger partial charge in [0.2, 0.25) is 0 Å². The Morgan fingerprint density at radius 1 is 1.07 bits per heavy atom. The summed E-state index contributed by atoms with van der Waals surface area (Å²) in [5, 5.41) is 9.33. The van der Waals surface area contributed by atoms with Gasteiger partial charge in [-0.3, -0.25) is 19.5 Å². The lowest BCUT2D eigenvalue weighted by Gasteiger charge is -2.20. The van der Waals surface area contributed by atoms with E-state index in [0.717, 1.165) is 5.56 Å². The van der Waals surface area contributed by atoms with Crippen LogP contribution in [0.25, 0.3) is 5.57 Å². The van der Waals surface area contributed by atoms with E-state index in [2.05, 4.69) is 4.98 Å². The molecule has 152 valence electrons. The largest absolute Gasteiger partial charge is 0.491 e. The first kappa shape index (κ1) is 20.5. The molecule has 1 aromatic carbocycles. The molecule has 0 spiro atoms. The first-order valence-electron chi connectivity index (χ1n) is 9.50. The van der Waals surface area contributed by atoms with E-state index >= 15 is 0 Å². The number of likely N-dealkylation sites (N-methyl/N-ethyl adjacent to an activating group) is 1. The number of aromatic nitrogens is 1. The summed E-state index contributed by atoms with van der Waals surface area (Å²) in [5.74, 6) is -0.0376. The third-order valence-electron chi connectivity index (χ3n) is 4.57. The van der Waals surface area contributed by atoms with Gasteiger partial charge in [-0.15, -0.1) is 0 Å². The summed E-state index contributed by atoms with van der Waals surface area (Å²) >= 11 is 0. The number of rotatable bonds is 8. The molecule has 29 heavy (non-hydrogen) atoms. The molecule has 0 saturated carbocycles. The number of carbonyl (C=O) groups is 2. The number of nitrogens with zero attached hydrogens (tertiary/aromatic N) is 3. The van der Waals surface area contributed by atoms with Gasteiger partial charge in [-0.1, -0.05) is 12.1 Å². The third kappa shape index (κ3) is 4.46. The predicted molar refractivity (Wildman–Crippen MR) is 109 cm³/mol. The van der Waals surface area contributed by atoms with E-state index in [9.17, 15) is 14.7 Å². The summed E-state index contributed by atoms with van der Waals surface area (Å²) in [6.07, 6.45) is 3.29. The zero-order chi connectivity index (χ0) is 21.0. The number of pyridine rings is 1. The van der Waals surface area contributed by atoms with Crippen LogP contribution in [0.5, 0.6) is 5.75 Å². The molecule has 1 aliphatic rings. The van der Waals surface area contributed by atoms with Crippen molar-refractivity contribution in [2.24, 2.45) is 0 Å². The van der Waals surface area contributed by atoms with Crippen molar-refractivity contribution in [3.8, 4) is 5.75 Å². The quantitative estimate of drug-likeness (QED) is 0.689. The number of imide groups is 1. The van der Waals surface area contributed by atoms with Gasteiger partial charge in [0.1, 0.15) is 11.4 Å². The first-order chi connectivity index (χ1) is 13.9. The van der Waals surface area contributed by atoms with E-state index in [4.69, 9.17) is 4.74 Å². The molecule has 7 nitrogen and oxygen atoms in total. The van der Waals surface area contributed by atoms with Crippen molar-refractivity contribution in [3.63, 3.8) is 0 Å². The van der Waals surface area contributed by atoms with Crippen molar-refractivity contribution in [2.75, 3.05) is 20.2 Å². The lowest BCUT2D eigenvalue weighted by molar-refractivity contribution is -0.138. The number of hydrogen-bond donors (Lipinski definition) is 1. The molecule has 2 aromatic rings. The van der Waals surface area contributed by atoms with Crippen LogP contribution in [0.1, 0.15) is 25.0 Å². The molecule has 0 radical (unpaired) electrons. The van der Waals surface area contributed by atoms with Crippen molar-refractivity contribution < 1.29 is 19.4 Å². The molecule has 0 atom stereocenters. The van der Waals surface area contributed by atoms with E-state index < -0.39 is 0 Å². The monoisotopic (exact) mass is 395 g/mol. The Balaban J connectivity index is 1.97. The van der Waals surface area contributed by atoms with Crippen LogP contribution in [0.2, 0.25) is 0 Å². The Morgan fingerprint density at radius 2 is 1.72 bits per heavy atom. The Hall–Kier alpha value is -3.19. The molecule has 1 aromatic heterocycles. The van der Waals surface area contributed by atoms with Crippen molar-refractivity contribution in [1.29, 1.82) is 0 Å². The summed E-state index contributed by atoms with van der Waals surface area (Å²) in [6, 6.07) is 10.7. The minimum Gasteiger partial charge on any atom is -0.491 e. The van der Waals surface area contributed by atoms with Crippen LogP contribution in [0.4, 0.5) is 0 Å². The standard InChI is InChI=1S/C22H25N3O4/c1-15(2)29-18-6-4-17(5-7-18)19-20(24(3)12-13-26)22(28)25(21(19)27)14-16-8-10-23-11-9-16/h4-11,15,26H,12-14H2,1-3H3. The molecule has 0 aliphatic carbocycles. The van der Waals surface area contributed by atoms with E-state index in [0.29, 0.717) is 16.9 Å². The minimum atomic E-state index is -0.375. The van der Waals surface area contributed by atoms with Gasteiger partial charge in [-0.05, 0) is 49.2 Å². The van der Waals surface area contributed by atoms with Crippen LogP contribution >= 0.6 is 0 Å². The van der Waals surface area contributed by atoms with Crippen LogP contribution in [0.3, 0.4) is 0 Å². The molecule has 2 amide bonds. The van der Waals surface area contributed by atoms with Gasteiger partial charge in [-0.25, -0.2) is 0 Å². The second kappa shape index (κ2) is 8.87. The Morgan fingerprint density at radius 3 is 2.31 bits per heavy atom. The fourth-order valence-corrected chi connectivity index (χ4v) is 3.23. The smallest absolute Gasteiger partial charge is 0.278 e. The topological polar surface area (TPSA) is 83.0 Å². The molecule has 1 N–H and O–H groups in total. The Bertz CT molecular complexity index is 907. The average Bonchev–Trinajstić information content (AvgIpc) is 2.94. The molecular formula is C22H25N3O4. The highest BCUT2D eigenvalue weighted by Gasteiger charge is 2.40. The van der Waals surface area contributed by atoms with E-state index in [1.807, 2.05) is 13.8 Å². The van der Waals surface area contributed by atoms with Crippen LogP contribution in [0.15, 0.2) is 54.5 Å². The van der Waals surface area contributed by atoms with Crippen LogP contribution < -0.4 is 4.74 Å². The van der Waals surface area contributed by atoms with E-state index in [1.54, 1.807) is 60.7 Å². The summed E-state index contributed by atoms with van der Waals surface area (Å²) < 4.78 is 5.67. The zero-order valence-corrected chi connectivity index (χ0v) is 16.8. The van der Waals surface area contributed by atoms with Gasteiger partial charge >= 0.3 is 0 Å². The average molecular weight is 395 g/mol. The fraction of sp³-hybridized carbons (Fsp3) is 0.318. The molecule has 0 bridgehead atoms. The maximum Gasteiger partial charge on any atom is 0.278 e. The lowest BCUT2D eigenvalue weighted by atomic mass is 10.0. The summed E-state index contributed by atoms with van der Waals surface area (Å²) in [6.45, 7) is 4.16. The zero-order valence-electron chi connectivity index (χ0n) is 16.8. The number of ether oxygens (including phenoxy) is 1. The van der Waals surface area contributed by atoms with Gasteiger partial charge in [0, 0.05) is 26.0 Å². The second-order valence-electron chi connectivity index (χ2n) is 7.11. The number of aliphatic hydroxyl groups excluding tert-OH is 1. The number of hydrogen-bond acceptors (Lipinski definition) is 6. The summed E-state index contributed by atoms with van der Waals surface area (Å²) in [7, 11) is 1.70. The minimum absolute atomic E-state index is 0.0388. The molecule has 1 aliphatic heterocycles. The highest BCUT2D eigenvalue weighted by atomic mass is 16.5. The lowest BCUT2D eigenvalue weighted by Crippen LogP contribution is -2.34. The number of amides is 2. The van der Waals surface area contributed by atoms with Gasteiger partial charge in [-0.2, -0.15) is 0 Å². The van der Waals surface area contributed by atoms with Crippen LogP contribution in [-0.2, 0) is 16.1 Å². The Kier molecular flexibility index (Phi) is 6.29. The highest BCUT2D eigenvalue weighted by molar-refractivity contribution is 6.35. The van der Waals surface area contributed by atoms with Crippen molar-refractivity contribution in [3.05, 3.63) is 65.6 Å². The van der Waals surface area contributed by atoms with Gasteiger partial charge in [0.05, 0.1) is 24.8 Å². The van der Waals surface area contributed by atoms with E-state index in [1.165, 1.54) is 4.90 Å². The maximum absolute atomic E-state index is 13.2. The predicted octanol–water partition coefficient (Wildman–Crippen LogP) is 2.07. The van der Waals surface area contributed by atoms with E-state index in [-0.39, 0.29) is 43.3 Å². The molecule has 0 fully saturated rings. The molecular weight excluding hydrogens is 370 g/mol. The van der Waals surface area contributed by atoms with Crippen molar-refractivity contribution in [1.82, 2.24) is 14.8 Å². The molecule has 3 rings (SSSR count). The molecule has 2 heterocycles. The molecule has 0 unspecified atom stereocenters. The van der Waals surface area contributed by atoms with Gasteiger partial charge in [0.25, 0.3) is 11.8 Å². The number of aliphatic hydroxyl groups is 1. The first-order valence-corrected chi connectivity index (χ1v) is 9.50. The molecule has 7 heteroatoms. The normalized spacial score (nSPS) is 14.2. The van der Waals surface area contributed by atoms with Gasteiger partial charge < -0.3 is 14.7 Å². The highest BCUT2D eigenvalue weighted by Crippen LogP contribution is 2.32. The summed E-state index contributed by atoms with van der Waals surface area (Å²) in [5.41, 5.74) is 2.07. The SMILES string of the molecule is CC(C)Oc1ccc(C2=C(N(C)CCO)C(=O)N(Cc3ccncc3)C2=O)cc1. The van der Waals surface area contributed by atoms with Crippen LogP contribution in [-0.4, -0.2) is 58.0 Å². The number of carbonyl (C=O) groups excluding carboxylic acids is 2. The fourth-order valence-electron chi connectivity index (χ4n) is 3.23. The third-order valence-corrected chi connectivity index (χ3v) is 4.57.